The van der Waals surface area contributed by atoms with Crippen LogP contribution in [0.15, 0.2) is 23.2 Å². The van der Waals surface area contributed by atoms with E-state index in [0.29, 0.717) is 17.9 Å². The van der Waals surface area contributed by atoms with Crippen LogP contribution in [0.5, 0.6) is 0 Å². The molecule has 9 nitrogen and oxygen atoms in total. The van der Waals surface area contributed by atoms with Crippen LogP contribution < -0.4 is 10.6 Å². The van der Waals surface area contributed by atoms with Crippen LogP contribution in [0.4, 0.5) is 21.7 Å². The monoisotopic (exact) mass is 401 g/mol. The second kappa shape index (κ2) is 9.36. The number of nitrogens with two attached hydrogens (primary N) is 1. The third-order valence-corrected chi connectivity index (χ3v) is 5.79. The molecule has 0 radical (unpaired) electrons. The van der Waals surface area contributed by atoms with Crippen LogP contribution in [0.1, 0.15) is 20.3 Å². The van der Waals surface area contributed by atoms with Gasteiger partial charge in [0.2, 0.25) is 0 Å². The number of likely N-dealkylation sites (N-methyl/N-ethyl adjacent to an activating group) is 1. The van der Waals surface area contributed by atoms with E-state index in [1.807, 2.05) is 0 Å². The molecular formula is C16H25FN5O4P. The van der Waals surface area contributed by atoms with E-state index in [1.54, 1.807) is 25.8 Å². The van der Waals surface area contributed by atoms with Crippen molar-refractivity contribution in [2.45, 2.75) is 32.4 Å². The second-order valence-electron chi connectivity index (χ2n) is 5.79. The molecule has 2 atom stereocenters. The zero-order valence-corrected chi connectivity index (χ0v) is 16.6. The molecule has 11 heteroatoms. The van der Waals surface area contributed by atoms with Gasteiger partial charge in [0.1, 0.15) is 30.3 Å². The Balaban J connectivity index is 2.07. The molecule has 0 unspecified atom stereocenters. The maximum absolute atomic E-state index is 14.4. The number of hydrogen-bond acceptors (Lipinski definition) is 9. The molecule has 0 fully saturated rings. The number of ether oxygens (including phenoxy) is 1. The molecule has 1 aliphatic rings. The van der Waals surface area contributed by atoms with Gasteiger partial charge in [-0.1, -0.05) is 0 Å². The van der Waals surface area contributed by atoms with Crippen molar-refractivity contribution in [2.75, 3.05) is 37.2 Å². The molecule has 0 aromatic carbocycles. The molecule has 0 amide bonds. The minimum absolute atomic E-state index is 0.187. The van der Waals surface area contributed by atoms with Crippen LogP contribution in [0.3, 0.4) is 0 Å². The summed E-state index contributed by atoms with van der Waals surface area (Å²) < 4.78 is 42.7. The minimum Gasteiger partial charge on any atom is -0.382 e. The van der Waals surface area contributed by atoms with Gasteiger partial charge in [-0.3, -0.25) is 9.56 Å². The van der Waals surface area contributed by atoms with E-state index < -0.39 is 19.5 Å². The summed E-state index contributed by atoms with van der Waals surface area (Å²) in [5.74, 6) is 0.162. The molecule has 0 saturated carbocycles. The molecular weight excluding hydrogens is 376 g/mol. The summed E-state index contributed by atoms with van der Waals surface area (Å²) in [5.41, 5.74) is 6.12. The van der Waals surface area contributed by atoms with Gasteiger partial charge in [0.05, 0.1) is 19.3 Å². The summed E-state index contributed by atoms with van der Waals surface area (Å²) in [4.78, 5) is 13.6. The first-order valence-electron chi connectivity index (χ1n) is 8.52. The van der Waals surface area contributed by atoms with Gasteiger partial charge in [0.25, 0.3) is 0 Å². The van der Waals surface area contributed by atoms with Crippen LogP contribution in [-0.2, 0) is 18.3 Å². The number of aliphatic imine (C=N–C) groups is 1. The van der Waals surface area contributed by atoms with Gasteiger partial charge in [0, 0.05) is 13.5 Å². The highest BCUT2D eigenvalue weighted by molar-refractivity contribution is 7.53. The van der Waals surface area contributed by atoms with Crippen LogP contribution in [-0.4, -0.2) is 55.4 Å². The Morgan fingerprint density at radius 1 is 1.41 bits per heavy atom. The maximum Gasteiger partial charge on any atom is 0.356 e. The molecule has 0 spiro atoms. The molecule has 150 valence electrons. The molecule has 0 aliphatic heterocycles. The summed E-state index contributed by atoms with van der Waals surface area (Å²) in [5, 5.41) is 0. The van der Waals surface area contributed by atoms with Crippen molar-refractivity contribution in [1.29, 1.82) is 0 Å². The lowest BCUT2D eigenvalue weighted by Crippen LogP contribution is -2.31. The van der Waals surface area contributed by atoms with Crippen molar-refractivity contribution in [3.05, 3.63) is 18.2 Å². The zero-order valence-electron chi connectivity index (χ0n) is 15.7. The molecule has 27 heavy (non-hydrogen) atoms. The van der Waals surface area contributed by atoms with Crippen molar-refractivity contribution in [3.63, 3.8) is 0 Å². The highest BCUT2D eigenvalue weighted by atomic mass is 31.2. The first kappa shape index (κ1) is 21.4. The fourth-order valence-electron chi connectivity index (χ4n) is 2.74. The van der Waals surface area contributed by atoms with E-state index in [-0.39, 0.29) is 31.4 Å². The lowest BCUT2D eigenvalue weighted by atomic mass is 10.2. The number of nitrogen functional groups attached to an aromatic ring is 1. The quantitative estimate of drug-likeness (QED) is 0.470. The Morgan fingerprint density at radius 2 is 2.07 bits per heavy atom. The van der Waals surface area contributed by atoms with E-state index in [9.17, 15) is 8.96 Å². The van der Waals surface area contributed by atoms with Gasteiger partial charge in [-0.2, -0.15) is 0 Å². The predicted molar refractivity (Wildman–Crippen MR) is 102 cm³/mol. The summed E-state index contributed by atoms with van der Waals surface area (Å²) in [7, 11) is -1.67. The molecule has 1 aliphatic carbocycles. The van der Waals surface area contributed by atoms with E-state index in [2.05, 4.69) is 21.7 Å². The average Bonchev–Trinajstić information content (AvgIpc) is 3.00. The number of hydrogen-bond donors (Lipinski definition) is 1. The van der Waals surface area contributed by atoms with Crippen LogP contribution in [0, 0.1) is 0 Å². The van der Waals surface area contributed by atoms with Gasteiger partial charge in [-0.05, 0) is 26.6 Å². The molecule has 1 aromatic rings. The Kier molecular flexibility index (Phi) is 7.43. The van der Waals surface area contributed by atoms with Crippen molar-refractivity contribution in [3.8, 4) is 0 Å². The van der Waals surface area contributed by atoms with Gasteiger partial charge >= 0.3 is 7.60 Å². The normalized spacial score (nSPS) is 19.8. The van der Waals surface area contributed by atoms with E-state index in [0.717, 1.165) is 0 Å². The number of anilines is 2. The Hall–Kier alpha value is -1.87. The minimum atomic E-state index is -3.41. The molecule has 2 rings (SSSR count). The summed E-state index contributed by atoms with van der Waals surface area (Å²) in [6.45, 7) is 7.29. The third kappa shape index (κ3) is 5.10. The van der Waals surface area contributed by atoms with E-state index in [1.165, 1.54) is 12.4 Å². The number of rotatable bonds is 10. The smallest absolute Gasteiger partial charge is 0.356 e. The number of aromatic nitrogens is 2. The van der Waals surface area contributed by atoms with Crippen molar-refractivity contribution in [1.82, 2.24) is 9.97 Å². The summed E-state index contributed by atoms with van der Waals surface area (Å²) in [6, 6.07) is -0.358. The molecule has 1 heterocycles. The Morgan fingerprint density at radius 3 is 2.67 bits per heavy atom. The fraction of sp³-hybridized carbons (Fsp3) is 0.562. The standard InChI is InChI=1S/C16H25FN5O4P/c1-5-25-27(23,26-6-2)10-24-13-8-11(7-12(13)17)22(4)16-14(19-3)15(18)20-9-21-16/h7,9,11,13H,3,5-6,8,10H2,1-2,4H3,(H2,18,20,21)/t11-,13-/m1/s1. The van der Waals surface area contributed by atoms with Crippen LogP contribution >= 0.6 is 7.60 Å². The highest BCUT2D eigenvalue weighted by Crippen LogP contribution is 2.49. The van der Waals surface area contributed by atoms with Crippen LogP contribution in [0.2, 0.25) is 0 Å². The average molecular weight is 401 g/mol. The predicted octanol–water partition coefficient (Wildman–Crippen LogP) is 3.06. The zero-order chi connectivity index (χ0) is 20.0. The lowest BCUT2D eigenvalue weighted by molar-refractivity contribution is 0.0744. The highest BCUT2D eigenvalue weighted by Gasteiger charge is 2.34. The van der Waals surface area contributed by atoms with Crippen molar-refractivity contribution >= 4 is 31.6 Å². The maximum atomic E-state index is 14.4. The number of nitrogens with zero attached hydrogens (tertiary/aromatic N) is 4. The Bertz CT molecular complexity index is 738. The molecule has 0 bridgehead atoms. The van der Waals surface area contributed by atoms with E-state index >= 15 is 0 Å². The lowest BCUT2D eigenvalue weighted by Gasteiger charge is -2.26. The third-order valence-electron chi connectivity index (χ3n) is 4.02. The first-order valence-corrected chi connectivity index (χ1v) is 10.2. The second-order valence-corrected chi connectivity index (χ2v) is 7.78. The van der Waals surface area contributed by atoms with Gasteiger partial charge in [-0.15, -0.1) is 0 Å². The summed E-state index contributed by atoms with van der Waals surface area (Å²) in [6.07, 6.45) is 1.84. The van der Waals surface area contributed by atoms with Crippen molar-refractivity contribution < 1.29 is 22.7 Å². The van der Waals surface area contributed by atoms with Crippen LogP contribution in [0.25, 0.3) is 0 Å². The molecule has 1 aromatic heterocycles. The largest absolute Gasteiger partial charge is 0.382 e. The summed E-state index contributed by atoms with van der Waals surface area (Å²) >= 11 is 0. The Labute approximate surface area is 158 Å². The first-order chi connectivity index (χ1) is 12.8. The topological polar surface area (TPSA) is 112 Å². The van der Waals surface area contributed by atoms with Gasteiger partial charge < -0.3 is 24.4 Å². The van der Waals surface area contributed by atoms with E-state index in [4.69, 9.17) is 19.5 Å². The SMILES string of the molecule is C=Nc1c(N)ncnc1N(C)[C@@H]1C=C(F)[C@H](OCP(=O)(OCC)OCC)C1. The van der Waals surface area contributed by atoms with Crippen molar-refractivity contribution in [2.24, 2.45) is 4.99 Å². The van der Waals surface area contributed by atoms with Gasteiger partial charge in [0.15, 0.2) is 11.6 Å². The van der Waals surface area contributed by atoms with Gasteiger partial charge in [-0.25, -0.2) is 14.4 Å². The fourth-order valence-corrected chi connectivity index (χ4v) is 4.12. The number of halogens is 1. The molecule has 2 N–H and O–H groups in total. The molecule has 0 saturated heterocycles.